The molecule has 0 heterocycles. The van der Waals surface area contributed by atoms with E-state index in [9.17, 15) is 8.78 Å². The van der Waals surface area contributed by atoms with Crippen molar-refractivity contribution in [1.82, 2.24) is 10.6 Å². The van der Waals surface area contributed by atoms with Crippen molar-refractivity contribution < 1.29 is 8.78 Å². The number of rotatable bonds is 6. The summed E-state index contributed by atoms with van der Waals surface area (Å²) in [7, 11) is 0. The van der Waals surface area contributed by atoms with E-state index in [1.165, 1.54) is 24.3 Å². The third kappa shape index (κ3) is 7.25. The molecular weight excluding hydrogens is 423 g/mol. The number of aliphatic imine (C=N–C) groups is 1. The predicted molar refractivity (Wildman–Crippen MR) is 105 cm³/mol. The Morgan fingerprint density at radius 3 is 2.38 bits per heavy atom. The maximum Gasteiger partial charge on any atom is 0.191 e. The Bertz CT molecular complexity index is 645. The molecule has 0 atom stereocenters. The fourth-order valence-electron chi connectivity index (χ4n) is 2.12. The first-order valence-corrected chi connectivity index (χ1v) is 7.68. The van der Waals surface area contributed by atoms with Gasteiger partial charge < -0.3 is 10.6 Å². The number of nitrogens with zero attached hydrogens (tertiary/aromatic N) is 1. The Labute approximate surface area is 158 Å². The Kier molecular flexibility index (Phi) is 9.29. The van der Waals surface area contributed by atoms with Crippen LogP contribution in [0.5, 0.6) is 0 Å². The SMILES string of the molecule is CCNC(=NCc1cccc(F)c1)NCCc1ccc(F)cc1.I. The monoisotopic (exact) mass is 445 g/mol. The molecule has 0 bridgehead atoms. The van der Waals surface area contributed by atoms with Crippen LogP contribution in [0.25, 0.3) is 0 Å². The summed E-state index contributed by atoms with van der Waals surface area (Å²) >= 11 is 0. The lowest BCUT2D eigenvalue weighted by Gasteiger charge is -2.11. The van der Waals surface area contributed by atoms with Crippen molar-refractivity contribution in [3.63, 3.8) is 0 Å². The molecule has 0 aromatic heterocycles. The second kappa shape index (κ2) is 11.0. The summed E-state index contributed by atoms with van der Waals surface area (Å²) in [5.74, 6) is 0.192. The molecule has 2 rings (SSSR count). The molecule has 0 amide bonds. The van der Waals surface area contributed by atoms with Crippen LogP contribution in [-0.2, 0) is 13.0 Å². The van der Waals surface area contributed by atoms with Gasteiger partial charge >= 0.3 is 0 Å². The van der Waals surface area contributed by atoms with E-state index in [-0.39, 0.29) is 35.6 Å². The molecule has 0 spiro atoms. The van der Waals surface area contributed by atoms with Crippen molar-refractivity contribution in [2.24, 2.45) is 4.99 Å². The zero-order chi connectivity index (χ0) is 16.5. The number of hydrogen-bond acceptors (Lipinski definition) is 1. The summed E-state index contributed by atoms with van der Waals surface area (Å²) in [6.07, 6.45) is 0.769. The largest absolute Gasteiger partial charge is 0.357 e. The van der Waals surface area contributed by atoms with E-state index in [0.29, 0.717) is 19.0 Å². The average molecular weight is 445 g/mol. The Morgan fingerprint density at radius 2 is 1.71 bits per heavy atom. The highest BCUT2D eigenvalue weighted by Gasteiger charge is 1.99. The van der Waals surface area contributed by atoms with Crippen molar-refractivity contribution in [3.8, 4) is 0 Å². The van der Waals surface area contributed by atoms with Gasteiger partial charge in [0.25, 0.3) is 0 Å². The summed E-state index contributed by atoms with van der Waals surface area (Å²) in [5, 5.41) is 6.37. The first kappa shape index (κ1) is 20.3. The normalized spacial score (nSPS) is 10.9. The van der Waals surface area contributed by atoms with Crippen LogP contribution in [0.1, 0.15) is 18.1 Å². The minimum absolute atomic E-state index is 0. The summed E-state index contributed by atoms with van der Waals surface area (Å²) < 4.78 is 26.0. The standard InChI is InChI=1S/C18H21F2N3.HI/c1-2-21-18(23-13-15-4-3-5-17(20)12-15)22-11-10-14-6-8-16(19)9-7-14;/h3-9,12H,2,10-11,13H2,1H3,(H2,21,22,23);1H. The van der Waals surface area contributed by atoms with Crippen molar-refractivity contribution >= 4 is 29.9 Å². The topological polar surface area (TPSA) is 36.4 Å². The average Bonchev–Trinajstić information content (AvgIpc) is 2.54. The van der Waals surface area contributed by atoms with Crippen molar-refractivity contribution in [3.05, 3.63) is 71.3 Å². The quantitative estimate of drug-likeness (QED) is 0.403. The number of halogens is 3. The molecule has 0 aliphatic carbocycles. The van der Waals surface area contributed by atoms with Crippen LogP contribution in [-0.4, -0.2) is 19.0 Å². The second-order valence-corrected chi connectivity index (χ2v) is 5.13. The zero-order valence-corrected chi connectivity index (χ0v) is 15.9. The minimum atomic E-state index is -0.257. The van der Waals surface area contributed by atoms with E-state index in [0.717, 1.165) is 24.1 Å². The van der Waals surface area contributed by atoms with Gasteiger partial charge in [-0.25, -0.2) is 13.8 Å². The van der Waals surface area contributed by atoms with Gasteiger partial charge in [0.05, 0.1) is 6.54 Å². The number of hydrogen-bond donors (Lipinski definition) is 2. The number of guanidine groups is 1. The van der Waals surface area contributed by atoms with Gasteiger partial charge in [-0.1, -0.05) is 24.3 Å². The molecule has 0 aliphatic heterocycles. The van der Waals surface area contributed by atoms with Crippen LogP contribution in [0.2, 0.25) is 0 Å². The summed E-state index contributed by atoms with van der Waals surface area (Å²) in [4.78, 5) is 4.44. The lowest BCUT2D eigenvalue weighted by molar-refractivity contribution is 0.625. The van der Waals surface area contributed by atoms with Gasteiger partial charge in [-0.05, 0) is 48.7 Å². The van der Waals surface area contributed by atoms with Crippen LogP contribution < -0.4 is 10.6 Å². The second-order valence-electron chi connectivity index (χ2n) is 5.13. The molecule has 0 aliphatic rings. The lowest BCUT2D eigenvalue weighted by Crippen LogP contribution is -2.38. The third-order valence-electron chi connectivity index (χ3n) is 3.27. The number of benzene rings is 2. The van der Waals surface area contributed by atoms with Gasteiger partial charge in [0.15, 0.2) is 5.96 Å². The molecule has 3 nitrogen and oxygen atoms in total. The Hall–Kier alpha value is -1.70. The van der Waals surface area contributed by atoms with Gasteiger partial charge in [0.1, 0.15) is 11.6 Å². The van der Waals surface area contributed by atoms with Crippen LogP contribution in [0.15, 0.2) is 53.5 Å². The van der Waals surface area contributed by atoms with Crippen molar-refractivity contribution in [1.29, 1.82) is 0 Å². The lowest BCUT2D eigenvalue weighted by atomic mass is 10.1. The Balaban J connectivity index is 0.00000288. The third-order valence-corrected chi connectivity index (χ3v) is 3.27. The van der Waals surface area contributed by atoms with E-state index < -0.39 is 0 Å². The van der Waals surface area contributed by atoms with Gasteiger partial charge in [-0.2, -0.15) is 0 Å². The molecule has 2 N–H and O–H groups in total. The van der Waals surface area contributed by atoms with Gasteiger partial charge in [0.2, 0.25) is 0 Å². The molecule has 130 valence electrons. The van der Waals surface area contributed by atoms with E-state index in [4.69, 9.17) is 0 Å². The maximum atomic E-state index is 13.2. The van der Waals surface area contributed by atoms with E-state index in [1.807, 2.05) is 13.0 Å². The molecule has 6 heteroatoms. The molecular formula is C18H22F2IN3. The van der Waals surface area contributed by atoms with Crippen molar-refractivity contribution in [2.45, 2.75) is 19.9 Å². The molecule has 2 aromatic rings. The van der Waals surface area contributed by atoms with E-state index >= 15 is 0 Å². The predicted octanol–water partition coefficient (Wildman–Crippen LogP) is 3.88. The summed E-state index contributed by atoms with van der Waals surface area (Å²) in [6.45, 7) is 3.81. The highest BCUT2D eigenvalue weighted by molar-refractivity contribution is 14.0. The fraction of sp³-hybridized carbons (Fsp3) is 0.278. The smallest absolute Gasteiger partial charge is 0.191 e. The first-order chi connectivity index (χ1) is 11.2. The highest BCUT2D eigenvalue weighted by atomic mass is 127. The summed E-state index contributed by atoms with van der Waals surface area (Å²) in [5.41, 5.74) is 1.88. The number of nitrogens with one attached hydrogen (secondary N) is 2. The van der Waals surface area contributed by atoms with Crippen LogP contribution in [0.3, 0.4) is 0 Å². The van der Waals surface area contributed by atoms with Gasteiger partial charge in [-0.15, -0.1) is 24.0 Å². The zero-order valence-electron chi connectivity index (χ0n) is 13.6. The minimum Gasteiger partial charge on any atom is -0.357 e. The first-order valence-electron chi connectivity index (χ1n) is 7.68. The molecule has 0 radical (unpaired) electrons. The van der Waals surface area contributed by atoms with Crippen LogP contribution in [0.4, 0.5) is 8.78 Å². The maximum absolute atomic E-state index is 13.2. The van der Waals surface area contributed by atoms with Gasteiger partial charge in [-0.3, -0.25) is 0 Å². The van der Waals surface area contributed by atoms with E-state index in [1.54, 1.807) is 18.2 Å². The van der Waals surface area contributed by atoms with Crippen LogP contribution >= 0.6 is 24.0 Å². The molecule has 0 unspecified atom stereocenters. The molecule has 0 saturated heterocycles. The molecule has 0 saturated carbocycles. The molecule has 2 aromatic carbocycles. The van der Waals surface area contributed by atoms with E-state index in [2.05, 4.69) is 15.6 Å². The van der Waals surface area contributed by atoms with Crippen molar-refractivity contribution in [2.75, 3.05) is 13.1 Å². The summed E-state index contributed by atoms with van der Waals surface area (Å²) in [6, 6.07) is 12.9. The molecule has 24 heavy (non-hydrogen) atoms. The molecule has 0 fully saturated rings. The van der Waals surface area contributed by atoms with Gasteiger partial charge in [0, 0.05) is 13.1 Å². The highest BCUT2D eigenvalue weighted by Crippen LogP contribution is 2.05. The van der Waals surface area contributed by atoms with Crippen LogP contribution in [0, 0.1) is 11.6 Å². The fourth-order valence-corrected chi connectivity index (χ4v) is 2.12. The Morgan fingerprint density at radius 1 is 0.958 bits per heavy atom.